The maximum absolute atomic E-state index is 11.2. The van der Waals surface area contributed by atoms with Gasteiger partial charge in [0.2, 0.25) is 0 Å². The van der Waals surface area contributed by atoms with Crippen LogP contribution in [0.25, 0.3) is 5.65 Å². The maximum atomic E-state index is 11.2. The summed E-state index contributed by atoms with van der Waals surface area (Å²) in [7, 11) is 0. The van der Waals surface area contributed by atoms with Crippen LogP contribution in [0.1, 0.15) is 44.6 Å². The first-order valence-electron chi connectivity index (χ1n) is 7.65. The zero-order chi connectivity index (χ0) is 16.5. The Labute approximate surface area is 131 Å². The molecule has 0 saturated carbocycles. The second kappa shape index (κ2) is 6.08. The Bertz CT molecular complexity index is 683. The van der Waals surface area contributed by atoms with E-state index in [1.54, 1.807) is 0 Å². The summed E-state index contributed by atoms with van der Waals surface area (Å²) in [6.07, 6.45) is 1.94. The Morgan fingerprint density at radius 2 is 2.09 bits per heavy atom. The number of aromatic nitrogens is 2. The highest BCUT2D eigenvalue weighted by Crippen LogP contribution is 2.21. The van der Waals surface area contributed by atoms with Crippen LogP contribution in [-0.4, -0.2) is 37.4 Å². The van der Waals surface area contributed by atoms with Crippen molar-refractivity contribution in [2.75, 3.05) is 6.54 Å². The Morgan fingerprint density at radius 1 is 1.41 bits per heavy atom. The molecule has 0 spiro atoms. The number of carboxylic acid groups (broad SMARTS) is 1. The van der Waals surface area contributed by atoms with Gasteiger partial charge in [0, 0.05) is 18.3 Å². The predicted octanol–water partition coefficient (Wildman–Crippen LogP) is 2.89. The highest BCUT2D eigenvalue weighted by Gasteiger charge is 2.23. The minimum Gasteiger partial charge on any atom is -0.481 e. The molecule has 0 aliphatic carbocycles. The molecule has 0 radical (unpaired) electrons. The van der Waals surface area contributed by atoms with Gasteiger partial charge in [-0.2, -0.15) is 0 Å². The number of imidazole rings is 1. The van der Waals surface area contributed by atoms with Gasteiger partial charge in [-0.15, -0.1) is 0 Å². The van der Waals surface area contributed by atoms with Crippen LogP contribution < -0.4 is 0 Å². The summed E-state index contributed by atoms with van der Waals surface area (Å²) in [5.74, 6) is -0.847. The molecule has 0 amide bonds. The van der Waals surface area contributed by atoms with Crippen LogP contribution in [-0.2, 0) is 17.8 Å². The number of aryl methyl sites for hydroxylation is 1. The first kappa shape index (κ1) is 16.5. The molecule has 0 aromatic carbocycles. The lowest BCUT2D eigenvalue weighted by molar-refractivity contribution is -0.136. The van der Waals surface area contributed by atoms with Crippen molar-refractivity contribution in [2.24, 2.45) is 0 Å². The van der Waals surface area contributed by atoms with Gasteiger partial charge in [0.15, 0.2) is 0 Å². The van der Waals surface area contributed by atoms with Gasteiger partial charge in [0.25, 0.3) is 0 Å². The van der Waals surface area contributed by atoms with E-state index in [0.29, 0.717) is 12.2 Å². The molecule has 2 aromatic heterocycles. The molecule has 2 aromatic rings. The van der Waals surface area contributed by atoms with Gasteiger partial charge in [-0.05, 0) is 51.9 Å². The number of rotatable bonds is 5. The second-order valence-corrected chi connectivity index (χ2v) is 6.69. The molecular formula is C17H25N3O2. The van der Waals surface area contributed by atoms with Crippen molar-refractivity contribution in [3.05, 3.63) is 35.3 Å². The molecule has 0 saturated heterocycles. The predicted molar refractivity (Wildman–Crippen MR) is 87.1 cm³/mol. The van der Waals surface area contributed by atoms with Gasteiger partial charge < -0.3 is 9.51 Å². The summed E-state index contributed by atoms with van der Waals surface area (Å²) in [6.45, 7) is 12.2. The lowest BCUT2D eigenvalue weighted by Gasteiger charge is -2.34. The SMILES string of the molecule is CCN(Cc1c(CC(=O)O)nc2cc(C)ccn12)C(C)(C)C. The normalized spacial score (nSPS) is 12.3. The number of hydrogen-bond donors (Lipinski definition) is 1. The molecule has 2 heterocycles. The molecule has 5 nitrogen and oxygen atoms in total. The van der Waals surface area contributed by atoms with E-state index in [9.17, 15) is 4.79 Å². The minimum absolute atomic E-state index is 0.0180. The molecule has 5 heteroatoms. The number of nitrogens with zero attached hydrogens (tertiary/aromatic N) is 3. The molecule has 0 unspecified atom stereocenters. The highest BCUT2D eigenvalue weighted by atomic mass is 16.4. The zero-order valence-corrected chi connectivity index (χ0v) is 14.1. The van der Waals surface area contributed by atoms with Crippen molar-refractivity contribution in [2.45, 2.75) is 53.1 Å². The third-order valence-corrected chi connectivity index (χ3v) is 3.95. The second-order valence-electron chi connectivity index (χ2n) is 6.69. The van der Waals surface area contributed by atoms with E-state index in [2.05, 4.69) is 37.6 Å². The summed E-state index contributed by atoms with van der Waals surface area (Å²) in [4.78, 5) is 18.0. The number of hydrogen-bond acceptors (Lipinski definition) is 3. The quantitative estimate of drug-likeness (QED) is 0.922. The van der Waals surface area contributed by atoms with Crippen molar-refractivity contribution < 1.29 is 9.90 Å². The summed E-state index contributed by atoms with van der Waals surface area (Å²) in [6, 6.07) is 4.01. The van der Waals surface area contributed by atoms with Crippen LogP contribution in [0, 0.1) is 6.92 Å². The lowest BCUT2D eigenvalue weighted by Crippen LogP contribution is -2.41. The van der Waals surface area contributed by atoms with Crippen LogP contribution in [0.5, 0.6) is 0 Å². The summed E-state index contributed by atoms with van der Waals surface area (Å²) in [5.41, 5.74) is 3.57. The fourth-order valence-corrected chi connectivity index (χ4v) is 2.70. The maximum Gasteiger partial charge on any atom is 0.309 e. The molecule has 22 heavy (non-hydrogen) atoms. The first-order valence-corrected chi connectivity index (χ1v) is 7.65. The molecule has 0 bridgehead atoms. The summed E-state index contributed by atoms with van der Waals surface area (Å²) < 4.78 is 2.01. The Hall–Kier alpha value is -1.88. The van der Waals surface area contributed by atoms with Gasteiger partial charge in [-0.25, -0.2) is 4.98 Å². The van der Waals surface area contributed by atoms with Crippen molar-refractivity contribution in [1.82, 2.24) is 14.3 Å². The molecule has 0 atom stereocenters. The standard InChI is InChI=1S/C17H25N3O2/c1-6-19(17(3,4)5)11-14-13(10-16(21)22)18-15-9-12(2)7-8-20(14)15/h7-9H,6,10-11H2,1-5H3,(H,21,22). The molecule has 1 N–H and O–H groups in total. The summed E-state index contributed by atoms with van der Waals surface area (Å²) in [5, 5.41) is 9.16. The van der Waals surface area contributed by atoms with E-state index in [1.807, 2.05) is 29.7 Å². The van der Waals surface area contributed by atoms with Crippen molar-refractivity contribution in [1.29, 1.82) is 0 Å². The smallest absolute Gasteiger partial charge is 0.309 e. The number of aliphatic carboxylic acids is 1. The minimum atomic E-state index is -0.847. The third-order valence-electron chi connectivity index (χ3n) is 3.95. The van der Waals surface area contributed by atoms with Crippen molar-refractivity contribution >= 4 is 11.6 Å². The summed E-state index contributed by atoms with van der Waals surface area (Å²) >= 11 is 0. The van der Waals surface area contributed by atoms with Crippen LogP contribution in [0.2, 0.25) is 0 Å². The Kier molecular flexibility index (Phi) is 4.56. The van der Waals surface area contributed by atoms with Crippen molar-refractivity contribution in [3.8, 4) is 0 Å². The Balaban J connectivity index is 2.51. The Morgan fingerprint density at radius 3 is 2.64 bits per heavy atom. The average Bonchev–Trinajstić information content (AvgIpc) is 2.70. The van der Waals surface area contributed by atoms with Gasteiger partial charge in [-0.1, -0.05) is 6.92 Å². The van der Waals surface area contributed by atoms with E-state index < -0.39 is 5.97 Å². The molecule has 0 aliphatic heterocycles. The van der Waals surface area contributed by atoms with Crippen LogP contribution in [0.4, 0.5) is 0 Å². The van der Waals surface area contributed by atoms with Gasteiger partial charge >= 0.3 is 5.97 Å². The van der Waals surface area contributed by atoms with Gasteiger partial charge in [0.1, 0.15) is 5.65 Å². The van der Waals surface area contributed by atoms with Crippen molar-refractivity contribution in [3.63, 3.8) is 0 Å². The van der Waals surface area contributed by atoms with E-state index >= 15 is 0 Å². The third kappa shape index (κ3) is 3.47. The fourth-order valence-electron chi connectivity index (χ4n) is 2.70. The number of carbonyl (C=O) groups is 1. The van der Waals surface area contributed by atoms with Crippen LogP contribution >= 0.6 is 0 Å². The fraction of sp³-hybridized carbons (Fsp3) is 0.529. The van der Waals surface area contributed by atoms with Gasteiger partial charge in [-0.3, -0.25) is 9.69 Å². The number of carboxylic acids is 1. The van der Waals surface area contributed by atoms with E-state index in [-0.39, 0.29) is 12.0 Å². The monoisotopic (exact) mass is 303 g/mol. The molecule has 2 rings (SSSR count). The molecule has 0 aliphatic rings. The highest BCUT2D eigenvalue weighted by molar-refractivity contribution is 5.70. The molecule has 120 valence electrons. The van der Waals surface area contributed by atoms with E-state index in [4.69, 9.17) is 5.11 Å². The van der Waals surface area contributed by atoms with Crippen LogP contribution in [0.3, 0.4) is 0 Å². The topological polar surface area (TPSA) is 57.8 Å². The average molecular weight is 303 g/mol. The molecular weight excluding hydrogens is 278 g/mol. The first-order chi connectivity index (χ1) is 10.2. The molecule has 0 fully saturated rings. The number of pyridine rings is 1. The zero-order valence-electron chi connectivity index (χ0n) is 14.1. The lowest BCUT2D eigenvalue weighted by atomic mass is 10.1. The van der Waals surface area contributed by atoms with E-state index in [0.717, 1.165) is 23.4 Å². The van der Waals surface area contributed by atoms with Crippen LogP contribution in [0.15, 0.2) is 18.3 Å². The van der Waals surface area contributed by atoms with Gasteiger partial charge in [0.05, 0.1) is 17.8 Å². The largest absolute Gasteiger partial charge is 0.481 e. The van der Waals surface area contributed by atoms with E-state index in [1.165, 1.54) is 0 Å². The number of fused-ring (bicyclic) bond motifs is 1.